The number of nitrogens with one attached hydrogen (secondary N) is 2. The molecule has 0 spiro atoms. The molecule has 34 heavy (non-hydrogen) atoms. The fourth-order valence-electron chi connectivity index (χ4n) is 2.95. The van der Waals surface area contributed by atoms with E-state index in [2.05, 4.69) is 10.6 Å². The summed E-state index contributed by atoms with van der Waals surface area (Å²) in [6, 6.07) is 14.8. The molecule has 3 aromatic rings. The van der Waals surface area contributed by atoms with Crippen LogP contribution >= 0.6 is 23.4 Å². The van der Waals surface area contributed by atoms with E-state index in [1.54, 1.807) is 6.07 Å². The standard InChI is InChI=1S/C23H19ClFN3O5S/c1-33-20-5-3-2-4-15(20)12-26-22(29)13-34-21-9-6-14(10-19(21)28(31)32)23(30)27-18-8-7-16(24)11-17(18)25/h2-11H,12-13H2,1H3,(H,26,29)(H,27,30). The Balaban J connectivity index is 1.65. The number of benzene rings is 3. The predicted octanol–water partition coefficient (Wildman–Crippen LogP) is 5.06. The maximum absolute atomic E-state index is 13.9. The average Bonchev–Trinajstić information content (AvgIpc) is 2.83. The number of methoxy groups -OCH3 is 1. The van der Waals surface area contributed by atoms with Gasteiger partial charge in [-0.2, -0.15) is 0 Å². The number of nitro groups is 1. The lowest BCUT2D eigenvalue weighted by Crippen LogP contribution is -2.24. The molecular weight excluding hydrogens is 485 g/mol. The van der Waals surface area contributed by atoms with Crippen molar-refractivity contribution in [3.63, 3.8) is 0 Å². The van der Waals surface area contributed by atoms with Crippen molar-refractivity contribution in [3.8, 4) is 5.75 Å². The molecule has 11 heteroatoms. The summed E-state index contributed by atoms with van der Waals surface area (Å²) in [6.45, 7) is 0.242. The van der Waals surface area contributed by atoms with Gasteiger partial charge in [0.15, 0.2) is 0 Å². The molecule has 0 bridgehead atoms. The monoisotopic (exact) mass is 503 g/mol. The highest BCUT2D eigenvalue weighted by Gasteiger charge is 2.20. The van der Waals surface area contributed by atoms with Crippen LogP contribution in [0.4, 0.5) is 15.8 Å². The number of hydrogen-bond donors (Lipinski definition) is 2. The van der Waals surface area contributed by atoms with Crippen LogP contribution in [0.3, 0.4) is 0 Å². The molecule has 0 heterocycles. The minimum absolute atomic E-state index is 0.0361. The van der Waals surface area contributed by atoms with E-state index in [0.29, 0.717) is 5.75 Å². The van der Waals surface area contributed by atoms with Gasteiger partial charge in [0, 0.05) is 28.8 Å². The first-order chi connectivity index (χ1) is 16.3. The second-order valence-electron chi connectivity index (χ2n) is 6.90. The molecule has 0 saturated carbocycles. The highest BCUT2D eigenvalue weighted by atomic mass is 35.5. The van der Waals surface area contributed by atoms with Crippen LogP contribution in [0, 0.1) is 15.9 Å². The summed E-state index contributed by atoms with van der Waals surface area (Å²) in [5.74, 6) is -1.22. The fourth-order valence-corrected chi connectivity index (χ4v) is 3.94. The third-order valence-corrected chi connectivity index (χ3v) is 5.92. The number of thioether (sulfide) groups is 1. The highest BCUT2D eigenvalue weighted by Crippen LogP contribution is 2.30. The Hall–Kier alpha value is -3.63. The molecule has 2 N–H and O–H groups in total. The zero-order valence-corrected chi connectivity index (χ0v) is 19.4. The number of ether oxygens (including phenoxy) is 1. The molecule has 0 fully saturated rings. The number of halogens is 2. The minimum atomic E-state index is -0.735. The van der Waals surface area contributed by atoms with E-state index in [0.717, 1.165) is 29.5 Å². The lowest BCUT2D eigenvalue weighted by Gasteiger charge is -2.10. The van der Waals surface area contributed by atoms with Crippen LogP contribution < -0.4 is 15.4 Å². The fraction of sp³-hybridized carbons (Fsp3) is 0.130. The highest BCUT2D eigenvalue weighted by molar-refractivity contribution is 8.00. The summed E-state index contributed by atoms with van der Waals surface area (Å²) in [5.41, 5.74) is 0.307. The maximum Gasteiger partial charge on any atom is 0.283 e. The zero-order valence-electron chi connectivity index (χ0n) is 17.8. The molecule has 0 unspecified atom stereocenters. The van der Waals surface area contributed by atoms with Gasteiger partial charge >= 0.3 is 0 Å². The van der Waals surface area contributed by atoms with Gasteiger partial charge in [0.25, 0.3) is 11.6 Å². The first-order valence-corrected chi connectivity index (χ1v) is 11.2. The summed E-state index contributed by atoms with van der Waals surface area (Å²) in [4.78, 5) is 35.8. The van der Waals surface area contributed by atoms with Crippen LogP contribution in [0.1, 0.15) is 15.9 Å². The van der Waals surface area contributed by atoms with E-state index in [9.17, 15) is 24.1 Å². The number of nitrogens with zero attached hydrogens (tertiary/aromatic N) is 1. The van der Waals surface area contributed by atoms with Gasteiger partial charge in [-0.15, -0.1) is 11.8 Å². The molecule has 0 saturated heterocycles. The van der Waals surface area contributed by atoms with Crippen molar-refractivity contribution in [3.05, 3.63) is 92.7 Å². The summed E-state index contributed by atoms with van der Waals surface area (Å²) < 4.78 is 19.2. The number of hydrogen-bond acceptors (Lipinski definition) is 6. The number of amides is 2. The molecular formula is C23H19ClFN3O5S. The van der Waals surface area contributed by atoms with Gasteiger partial charge in [-0.1, -0.05) is 29.8 Å². The largest absolute Gasteiger partial charge is 0.496 e. The average molecular weight is 504 g/mol. The number of nitro benzene ring substituents is 1. The summed E-state index contributed by atoms with van der Waals surface area (Å²) in [6.07, 6.45) is 0. The van der Waals surface area contributed by atoms with E-state index in [-0.39, 0.29) is 45.1 Å². The van der Waals surface area contributed by atoms with E-state index >= 15 is 0 Å². The maximum atomic E-state index is 13.9. The molecule has 0 aromatic heterocycles. The molecule has 176 valence electrons. The number of carbonyl (C=O) groups excluding carboxylic acids is 2. The molecule has 3 rings (SSSR count). The van der Waals surface area contributed by atoms with Crippen molar-refractivity contribution in [1.29, 1.82) is 0 Å². The Morgan fingerprint density at radius 1 is 1.15 bits per heavy atom. The van der Waals surface area contributed by atoms with Crippen molar-refractivity contribution in [2.45, 2.75) is 11.4 Å². The van der Waals surface area contributed by atoms with Crippen molar-refractivity contribution in [1.82, 2.24) is 5.32 Å². The third kappa shape index (κ3) is 6.46. The van der Waals surface area contributed by atoms with Crippen LogP contribution in [-0.2, 0) is 11.3 Å². The van der Waals surface area contributed by atoms with Gasteiger partial charge in [0.05, 0.1) is 28.4 Å². The quantitative estimate of drug-likeness (QED) is 0.240. The smallest absolute Gasteiger partial charge is 0.283 e. The Labute approximate surface area is 203 Å². The molecule has 0 radical (unpaired) electrons. The summed E-state index contributed by atoms with van der Waals surface area (Å²) in [5, 5.41) is 16.8. The van der Waals surface area contributed by atoms with Gasteiger partial charge in [-0.05, 0) is 36.4 Å². The van der Waals surface area contributed by atoms with Crippen LogP contribution in [0.15, 0.2) is 65.6 Å². The molecule has 0 aliphatic carbocycles. The van der Waals surface area contributed by atoms with E-state index in [4.69, 9.17) is 16.3 Å². The molecule has 0 aliphatic rings. The predicted molar refractivity (Wildman–Crippen MR) is 128 cm³/mol. The normalized spacial score (nSPS) is 10.4. The van der Waals surface area contributed by atoms with Crippen LogP contribution in [0.5, 0.6) is 5.75 Å². The Kier molecular flexibility index (Phi) is 8.44. The Bertz CT molecular complexity index is 1240. The van der Waals surface area contributed by atoms with Gasteiger partial charge in [-0.25, -0.2) is 4.39 Å². The van der Waals surface area contributed by atoms with Gasteiger partial charge in [-0.3, -0.25) is 19.7 Å². The van der Waals surface area contributed by atoms with E-state index in [1.807, 2.05) is 18.2 Å². The molecule has 0 aliphatic heterocycles. The molecule has 8 nitrogen and oxygen atoms in total. The second kappa shape index (κ2) is 11.5. The van der Waals surface area contributed by atoms with Crippen molar-refractivity contribution in [2.24, 2.45) is 0 Å². The van der Waals surface area contributed by atoms with Gasteiger partial charge in [0.1, 0.15) is 11.6 Å². The SMILES string of the molecule is COc1ccccc1CNC(=O)CSc1ccc(C(=O)Nc2ccc(Cl)cc2F)cc1[N+](=O)[O-]. The topological polar surface area (TPSA) is 111 Å². The lowest BCUT2D eigenvalue weighted by atomic mass is 10.2. The van der Waals surface area contributed by atoms with Gasteiger partial charge in [0.2, 0.25) is 5.91 Å². The van der Waals surface area contributed by atoms with Crippen molar-refractivity contribution >= 4 is 46.6 Å². The number of rotatable bonds is 9. The number of anilines is 1. The molecule has 2 amide bonds. The first-order valence-electron chi connectivity index (χ1n) is 9.84. The zero-order chi connectivity index (χ0) is 24.7. The van der Waals surface area contributed by atoms with E-state index in [1.165, 1.54) is 31.4 Å². The van der Waals surface area contributed by atoms with Gasteiger partial charge < -0.3 is 15.4 Å². The lowest BCUT2D eigenvalue weighted by molar-refractivity contribution is -0.387. The molecule has 0 atom stereocenters. The minimum Gasteiger partial charge on any atom is -0.496 e. The number of para-hydroxylation sites is 1. The summed E-state index contributed by atoms with van der Waals surface area (Å²) in [7, 11) is 1.53. The Morgan fingerprint density at radius 3 is 2.62 bits per heavy atom. The first kappa shape index (κ1) is 25.0. The second-order valence-corrected chi connectivity index (χ2v) is 8.35. The Morgan fingerprint density at radius 2 is 1.91 bits per heavy atom. The van der Waals surface area contributed by atoms with Crippen LogP contribution in [0.2, 0.25) is 5.02 Å². The van der Waals surface area contributed by atoms with Crippen LogP contribution in [-0.4, -0.2) is 29.6 Å². The summed E-state index contributed by atoms with van der Waals surface area (Å²) >= 11 is 6.66. The van der Waals surface area contributed by atoms with E-state index < -0.39 is 16.6 Å². The third-order valence-electron chi connectivity index (χ3n) is 4.62. The molecule has 3 aromatic carbocycles. The van der Waals surface area contributed by atoms with Crippen molar-refractivity contribution in [2.75, 3.05) is 18.2 Å². The number of carbonyl (C=O) groups is 2. The van der Waals surface area contributed by atoms with Crippen LogP contribution in [0.25, 0.3) is 0 Å². The van der Waals surface area contributed by atoms with Crippen molar-refractivity contribution < 1.29 is 23.6 Å².